The lowest BCUT2D eigenvalue weighted by Crippen LogP contribution is -2.36. The van der Waals surface area contributed by atoms with E-state index >= 15 is 0 Å². The zero-order valence-corrected chi connectivity index (χ0v) is 22.0. The third kappa shape index (κ3) is 15.3. The highest BCUT2D eigenvalue weighted by Gasteiger charge is 2.40. The van der Waals surface area contributed by atoms with Crippen LogP contribution in [-0.4, -0.2) is 73.6 Å². The molecule has 3 saturated carbocycles. The van der Waals surface area contributed by atoms with Crippen molar-refractivity contribution in [3.05, 3.63) is 0 Å². The summed E-state index contributed by atoms with van der Waals surface area (Å²) in [5, 5.41) is 0. The van der Waals surface area contributed by atoms with Crippen LogP contribution in [0.25, 0.3) is 0 Å². The van der Waals surface area contributed by atoms with Crippen LogP contribution in [-0.2, 0) is 0 Å². The predicted octanol–water partition coefficient (Wildman–Crippen LogP) is 5.99. The Balaban J connectivity index is 0.000000227. The molecule has 3 fully saturated rings. The molecule has 0 aromatic rings. The SMILES string of the molecule is CC(C)(C)CN(C1CC1)C1CC1.CC(C)CN(C)C.CN(CC(C)(C)C)C1CC1. The summed E-state index contributed by atoms with van der Waals surface area (Å²) in [5.74, 6) is 0.801. The van der Waals surface area contributed by atoms with Crippen LogP contribution in [0.4, 0.5) is 0 Å². The van der Waals surface area contributed by atoms with Crippen molar-refractivity contribution in [2.45, 2.75) is 112 Å². The Morgan fingerprint density at radius 3 is 1.24 bits per heavy atom. The molecule has 3 aliphatic carbocycles. The molecule has 3 rings (SSSR count). The summed E-state index contributed by atoms with van der Waals surface area (Å²) in [6.07, 6.45) is 8.71. The van der Waals surface area contributed by atoms with Gasteiger partial charge in [-0.2, -0.15) is 0 Å². The average molecular weight is 410 g/mol. The summed E-state index contributed by atoms with van der Waals surface area (Å²) in [6, 6.07) is 2.85. The molecule has 0 saturated heterocycles. The highest BCUT2D eigenvalue weighted by molar-refractivity contribution is 4.95. The highest BCUT2D eigenvalue weighted by atomic mass is 15.2. The van der Waals surface area contributed by atoms with Crippen LogP contribution in [0.15, 0.2) is 0 Å². The maximum absolute atomic E-state index is 2.76. The van der Waals surface area contributed by atoms with Crippen molar-refractivity contribution >= 4 is 0 Å². The largest absolute Gasteiger partial charge is 0.309 e. The van der Waals surface area contributed by atoms with E-state index in [1.54, 1.807) is 0 Å². The molecule has 174 valence electrons. The monoisotopic (exact) mass is 409 g/mol. The Kier molecular flexibility index (Phi) is 10.7. The molecule has 0 bridgehead atoms. The van der Waals surface area contributed by atoms with E-state index in [9.17, 15) is 0 Å². The molecule has 0 atom stereocenters. The fraction of sp³-hybridized carbons (Fsp3) is 1.00. The van der Waals surface area contributed by atoms with Gasteiger partial charge in [0.1, 0.15) is 0 Å². The number of hydrogen-bond acceptors (Lipinski definition) is 3. The average Bonchev–Trinajstić information content (AvgIpc) is 3.36. The van der Waals surface area contributed by atoms with E-state index in [0.29, 0.717) is 10.8 Å². The molecule has 29 heavy (non-hydrogen) atoms. The van der Waals surface area contributed by atoms with Crippen molar-refractivity contribution in [2.24, 2.45) is 16.7 Å². The maximum Gasteiger partial charge on any atom is 0.00995 e. The maximum atomic E-state index is 2.76. The highest BCUT2D eigenvalue weighted by Crippen LogP contribution is 2.39. The van der Waals surface area contributed by atoms with Gasteiger partial charge in [-0.25, -0.2) is 0 Å². The van der Waals surface area contributed by atoms with Crippen molar-refractivity contribution < 1.29 is 0 Å². The molecule has 3 aliphatic rings. The first-order valence-electron chi connectivity index (χ1n) is 12.3. The van der Waals surface area contributed by atoms with Gasteiger partial charge in [-0.15, -0.1) is 0 Å². The molecular weight excluding hydrogens is 354 g/mol. The topological polar surface area (TPSA) is 9.72 Å². The molecule has 0 spiro atoms. The standard InChI is InChI=1S/C11H21N.C9H19N.C6H15N/c1-11(2,3)8-12(9-4-5-9)10-6-7-10;1-9(2,3)7-10(4)8-5-6-8;1-6(2)5-7(3)4/h9-10H,4-8H2,1-3H3;8H,5-7H2,1-4H3;6H,5H2,1-4H3. The van der Waals surface area contributed by atoms with Crippen molar-refractivity contribution in [1.29, 1.82) is 0 Å². The molecule has 0 heterocycles. The lowest BCUT2D eigenvalue weighted by molar-refractivity contribution is 0.174. The predicted molar refractivity (Wildman–Crippen MR) is 131 cm³/mol. The Labute approximate surface area is 184 Å². The smallest absolute Gasteiger partial charge is 0.00995 e. The van der Waals surface area contributed by atoms with Crippen LogP contribution in [0.3, 0.4) is 0 Å². The molecule has 0 amide bonds. The van der Waals surface area contributed by atoms with E-state index in [1.807, 2.05) is 0 Å². The van der Waals surface area contributed by atoms with Crippen LogP contribution in [0.5, 0.6) is 0 Å². The zero-order valence-electron chi connectivity index (χ0n) is 22.0. The van der Waals surface area contributed by atoms with Gasteiger partial charge in [-0.1, -0.05) is 55.4 Å². The molecule has 3 nitrogen and oxygen atoms in total. The molecule has 0 radical (unpaired) electrons. The van der Waals surface area contributed by atoms with Crippen molar-refractivity contribution in [2.75, 3.05) is 40.8 Å². The molecule has 0 aromatic carbocycles. The van der Waals surface area contributed by atoms with Gasteiger partial charge in [0.05, 0.1) is 0 Å². The minimum Gasteiger partial charge on any atom is -0.309 e. The Morgan fingerprint density at radius 2 is 1.03 bits per heavy atom. The van der Waals surface area contributed by atoms with E-state index < -0.39 is 0 Å². The van der Waals surface area contributed by atoms with Crippen LogP contribution >= 0.6 is 0 Å². The van der Waals surface area contributed by atoms with Gasteiger partial charge in [0.15, 0.2) is 0 Å². The van der Waals surface area contributed by atoms with E-state index in [0.717, 1.165) is 24.0 Å². The van der Waals surface area contributed by atoms with Gasteiger partial charge in [-0.05, 0) is 83.0 Å². The molecule has 0 aromatic heterocycles. The normalized spacial score (nSPS) is 20.0. The molecular formula is C26H55N3. The number of nitrogens with zero attached hydrogens (tertiary/aromatic N) is 3. The molecule has 0 aliphatic heterocycles. The minimum atomic E-state index is 0.470. The van der Waals surface area contributed by atoms with Gasteiger partial charge in [-0.3, -0.25) is 4.90 Å². The van der Waals surface area contributed by atoms with Crippen LogP contribution in [0.1, 0.15) is 93.9 Å². The van der Waals surface area contributed by atoms with Crippen LogP contribution < -0.4 is 0 Å². The number of hydrogen-bond donors (Lipinski definition) is 0. The minimum absolute atomic E-state index is 0.470. The van der Waals surface area contributed by atoms with Crippen molar-refractivity contribution in [3.63, 3.8) is 0 Å². The van der Waals surface area contributed by atoms with Crippen LogP contribution in [0.2, 0.25) is 0 Å². The second-order valence-corrected chi connectivity index (χ2v) is 13.1. The quantitative estimate of drug-likeness (QED) is 0.511. The first-order chi connectivity index (χ1) is 13.2. The van der Waals surface area contributed by atoms with Crippen molar-refractivity contribution in [1.82, 2.24) is 14.7 Å². The summed E-state index contributed by atoms with van der Waals surface area (Å²) >= 11 is 0. The zero-order chi connectivity index (χ0) is 22.4. The summed E-state index contributed by atoms with van der Waals surface area (Å²) in [4.78, 5) is 7.45. The Bertz CT molecular complexity index is 414. The second kappa shape index (κ2) is 11.5. The molecule has 0 N–H and O–H groups in total. The Hall–Kier alpha value is -0.120. The van der Waals surface area contributed by atoms with E-state index in [2.05, 4.69) is 91.2 Å². The van der Waals surface area contributed by atoms with Gasteiger partial charge >= 0.3 is 0 Å². The van der Waals surface area contributed by atoms with E-state index in [4.69, 9.17) is 0 Å². The third-order valence-corrected chi connectivity index (χ3v) is 5.31. The first-order valence-corrected chi connectivity index (χ1v) is 12.3. The third-order valence-electron chi connectivity index (χ3n) is 5.31. The fourth-order valence-electron chi connectivity index (χ4n) is 4.04. The second-order valence-electron chi connectivity index (χ2n) is 13.1. The number of rotatable bonds is 7. The van der Waals surface area contributed by atoms with Gasteiger partial charge in [0, 0.05) is 31.2 Å². The molecule has 3 heteroatoms. The Morgan fingerprint density at radius 1 is 0.655 bits per heavy atom. The molecule has 0 unspecified atom stereocenters. The summed E-state index contributed by atoms with van der Waals surface area (Å²) in [6.45, 7) is 22.1. The van der Waals surface area contributed by atoms with E-state index in [-0.39, 0.29) is 0 Å². The van der Waals surface area contributed by atoms with Gasteiger partial charge in [0.25, 0.3) is 0 Å². The fourth-order valence-corrected chi connectivity index (χ4v) is 4.04. The lowest BCUT2D eigenvalue weighted by atomic mass is 9.96. The van der Waals surface area contributed by atoms with E-state index in [1.165, 1.54) is 58.2 Å². The van der Waals surface area contributed by atoms with Crippen molar-refractivity contribution in [3.8, 4) is 0 Å². The summed E-state index contributed by atoms with van der Waals surface area (Å²) < 4.78 is 0. The van der Waals surface area contributed by atoms with Crippen LogP contribution in [0, 0.1) is 16.7 Å². The first kappa shape index (κ1) is 26.9. The lowest BCUT2D eigenvalue weighted by Gasteiger charge is -2.29. The summed E-state index contributed by atoms with van der Waals surface area (Å²) in [5.41, 5.74) is 0.961. The van der Waals surface area contributed by atoms with Gasteiger partial charge in [0.2, 0.25) is 0 Å². The summed E-state index contributed by atoms with van der Waals surface area (Å²) in [7, 11) is 6.43. The van der Waals surface area contributed by atoms with Gasteiger partial charge < -0.3 is 9.80 Å².